The van der Waals surface area contributed by atoms with Crippen LogP contribution in [0.4, 0.5) is 0 Å². The average Bonchev–Trinajstić information content (AvgIpc) is 2.34. The van der Waals surface area contributed by atoms with Crippen LogP contribution in [0, 0.1) is 0 Å². The molecule has 0 aliphatic carbocycles. The molecule has 0 aliphatic rings. The van der Waals surface area contributed by atoms with Crippen LogP contribution in [0.2, 0.25) is 5.15 Å². The van der Waals surface area contributed by atoms with E-state index in [1.165, 1.54) is 0 Å². The third-order valence-electron chi connectivity index (χ3n) is 2.70. The third-order valence-corrected chi connectivity index (χ3v) is 2.89. The minimum Gasteiger partial charge on any atom is -0.340 e. The summed E-state index contributed by atoms with van der Waals surface area (Å²) in [5.41, 5.74) is 1.44. The number of halogens is 1. The minimum absolute atomic E-state index is 0.0311. The van der Waals surface area contributed by atoms with E-state index in [0.29, 0.717) is 17.3 Å². The molecule has 1 amide bonds. The van der Waals surface area contributed by atoms with Gasteiger partial charge in [0, 0.05) is 31.4 Å². The monoisotopic (exact) mass is 269 g/mol. The van der Waals surface area contributed by atoms with Gasteiger partial charge in [-0.3, -0.25) is 4.79 Å². The van der Waals surface area contributed by atoms with Crippen molar-refractivity contribution in [2.45, 2.75) is 19.8 Å². The summed E-state index contributed by atoms with van der Waals surface area (Å²) < 4.78 is 0. The Morgan fingerprint density at radius 2 is 2.17 bits per heavy atom. The van der Waals surface area contributed by atoms with Crippen LogP contribution in [-0.4, -0.2) is 43.0 Å². The maximum Gasteiger partial charge on any atom is 0.253 e. The summed E-state index contributed by atoms with van der Waals surface area (Å²) >= 11 is 5.95. The molecule has 4 nitrogen and oxygen atoms in total. The number of amides is 1. The fourth-order valence-electron chi connectivity index (χ4n) is 1.54. The Balaban J connectivity index is 2.91. The highest BCUT2D eigenvalue weighted by Gasteiger charge is 2.14. The van der Waals surface area contributed by atoms with Crippen molar-refractivity contribution in [1.82, 2.24) is 15.2 Å². The van der Waals surface area contributed by atoms with Gasteiger partial charge in [-0.15, -0.1) is 0 Å². The Morgan fingerprint density at radius 3 is 2.72 bits per heavy atom. The zero-order chi connectivity index (χ0) is 13.7. The van der Waals surface area contributed by atoms with Crippen molar-refractivity contribution in [1.29, 1.82) is 0 Å². The normalized spacial score (nSPS) is 10.8. The van der Waals surface area contributed by atoms with Gasteiger partial charge in [-0.2, -0.15) is 0 Å². The Bertz CT molecular complexity index is 421. The molecule has 1 heterocycles. The SMILES string of the molecule is CNCCN(C)C(=O)c1cc(Cl)nc(C(C)C)c1. The minimum atomic E-state index is -0.0311. The zero-order valence-corrected chi connectivity index (χ0v) is 12.1. The molecule has 0 aliphatic heterocycles. The Labute approximate surface area is 113 Å². The molecule has 0 spiro atoms. The lowest BCUT2D eigenvalue weighted by Gasteiger charge is -2.17. The van der Waals surface area contributed by atoms with Crippen molar-refractivity contribution in [3.63, 3.8) is 0 Å². The fraction of sp³-hybridized carbons (Fsp3) is 0.538. The molecule has 0 radical (unpaired) electrons. The fourth-order valence-corrected chi connectivity index (χ4v) is 1.75. The lowest BCUT2D eigenvalue weighted by Crippen LogP contribution is -2.32. The molecule has 0 atom stereocenters. The highest BCUT2D eigenvalue weighted by atomic mass is 35.5. The van der Waals surface area contributed by atoms with Gasteiger partial charge in [0.2, 0.25) is 0 Å². The quantitative estimate of drug-likeness (QED) is 0.833. The zero-order valence-electron chi connectivity index (χ0n) is 11.3. The first-order chi connectivity index (χ1) is 8.45. The lowest BCUT2D eigenvalue weighted by atomic mass is 10.1. The highest BCUT2D eigenvalue weighted by molar-refractivity contribution is 6.29. The second kappa shape index (κ2) is 6.71. The van der Waals surface area contributed by atoms with Crippen LogP contribution in [-0.2, 0) is 0 Å². The van der Waals surface area contributed by atoms with Crippen LogP contribution >= 0.6 is 11.6 Å². The molecule has 1 aromatic rings. The summed E-state index contributed by atoms with van der Waals surface area (Å²) in [4.78, 5) is 18.1. The first-order valence-electron chi connectivity index (χ1n) is 6.03. The van der Waals surface area contributed by atoms with E-state index in [4.69, 9.17) is 11.6 Å². The van der Waals surface area contributed by atoms with Gasteiger partial charge < -0.3 is 10.2 Å². The van der Waals surface area contributed by atoms with Crippen molar-refractivity contribution < 1.29 is 4.79 Å². The molecular formula is C13H20ClN3O. The van der Waals surface area contributed by atoms with E-state index in [2.05, 4.69) is 10.3 Å². The van der Waals surface area contributed by atoms with Gasteiger partial charge in [-0.1, -0.05) is 25.4 Å². The first-order valence-corrected chi connectivity index (χ1v) is 6.41. The van der Waals surface area contributed by atoms with E-state index in [-0.39, 0.29) is 11.8 Å². The number of pyridine rings is 1. The Hall–Kier alpha value is -1.13. The summed E-state index contributed by atoms with van der Waals surface area (Å²) in [5.74, 6) is 0.217. The van der Waals surface area contributed by atoms with Crippen molar-refractivity contribution in [2.24, 2.45) is 0 Å². The average molecular weight is 270 g/mol. The van der Waals surface area contributed by atoms with E-state index in [1.54, 1.807) is 18.0 Å². The van der Waals surface area contributed by atoms with Gasteiger partial charge in [0.05, 0.1) is 0 Å². The maximum atomic E-state index is 12.2. The number of nitrogens with zero attached hydrogens (tertiary/aromatic N) is 2. The van der Waals surface area contributed by atoms with Crippen molar-refractivity contribution in [3.05, 3.63) is 28.5 Å². The Kier molecular flexibility index (Phi) is 5.56. The van der Waals surface area contributed by atoms with E-state index >= 15 is 0 Å². The summed E-state index contributed by atoms with van der Waals surface area (Å²) in [5, 5.41) is 3.38. The van der Waals surface area contributed by atoms with E-state index in [0.717, 1.165) is 12.2 Å². The van der Waals surface area contributed by atoms with Gasteiger partial charge >= 0.3 is 0 Å². The molecule has 0 saturated heterocycles. The molecular weight excluding hydrogens is 250 g/mol. The van der Waals surface area contributed by atoms with Crippen LogP contribution in [0.1, 0.15) is 35.8 Å². The molecule has 100 valence electrons. The highest BCUT2D eigenvalue weighted by Crippen LogP contribution is 2.18. The second-order valence-electron chi connectivity index (χ2n) is 4.59. The molecule has 1 aromatic heterocycles. The summed E-state index contributed by atoms with van der Waals surface area (Å²) in [6, 6.07) is 3.43. The first kappa shape index (κ1) is 14.9. The molecule has 0 saturated carbocycles. The largest absolute Gasteiger partial charge is 0.340 e. The number of likely N-dealkylation sites (N-methyl/N-ethyl adjacent to an activating group) is 2. The Morgan fingerprint density at radius 1 is 1.50 bits per heavy atom. The number of aromatic nitrogens is 1. The predicted octanol–water partition coefficient (Wildman–Crippen LogP) is 2.15. The smallest absolute Gasteiger partial charge is 0.253 e. The van der Waals surface area contributed by atoms with Crippen LogP contribution in [0.15, 0.2) is 12.1 Å². The standard InChI is InChI=1S/C13H20ClN3O/c1-9(2)11-7-10(8-12(14)16-11)13(18)17(4)6-5-15-3/h7-9,15H,5-6H2,1-4H3. The predicted molar refractivity (Wildman–Crippen MR) is 74.2 cm³/mol. The van der Waals surface area contributed by atoms with Gasteiger partial charge in [-0.05, 0) is 25.1 Å². The molecule has 0 bridgehead atoms. The molecule has 1 rings (SSSR count). The number of rotatable bonds is 5. The number of hydrogen-bond donors (Lipinski definition) is 1. The summed E-state index contributed by atoms with van der Waals surface area (Å²) in [7, 11) is 3.64. The van der Waals surface area contributed by atoms with Crippen LogP contribution in [0.5, 0.6) is 0 Å². The second-order valence-corrected chi connectivity index (χ2v) is 4.98. The van der Waals surface area contributed by atoms with Crippen LogP contribution < -0.4 is 5.32 Å². The molecule has 1 N–H and O–H groups in total. The topological polar surface area (TPSA) is 45.2 Å². The van der Waals surface area contributed by atoms with Crippen molar-refractivity contribution in [3.8, 4) is 0 Å². The van der Waals surface area contributed by atoms with E-state index in [1.807, 2.05) is 27.0 Å². The number of carbonyl (C=O) groups excluding carboxylic acids is 1. The summed E-state index contributed by atoms with van der Waals surface area (Å²) in [6.07, 6.45) is 0. The van der Waals surface area contributed by atoms with E-state index in [9.17, 15) is 4.79 Å². The summed E-state index contributed by atoms with van der Waals surface area (Å²) in [6.45, 7) is 5.47. The number of hydrogen-bond acceptors (Lipinski definition) is 3. The number of nitrogens with one attached hydrogen (secondary N) is 1. The molecule has 0 aromatic carbocycles. The van der Waals surface area contributed by atoms with Crippen LogP contribution in [0.25, 0.3) is 0 Å². The van der Waals surface area contributed by atoms with Gasteiger partial charge in [-0.25, -0.2) is 4.98 Å². The maximum absolute atomic E-state index is 12.2. The van der Waals surface area contributed by atoms with Gasteiger partial charge in [0.1, 0.15) is 5.15 Å². The number of carbonyl (C=O) groups is 1. The van der Waals surface area contributed by atoms with Crippen molar-refractivity contribution >= 4 is 17.5 Å². The third kappa shape index (κ3) is 3.96. The molecule has 18 heavy (non-hydrogen) atoms. The van der Waals surface area contributed by atoms with Crippen LogP contribution in [0.3, 0.4) is 0 Å². The lowest BCUT2D eigenvalue weighted by molar-refractivity contribution is 0.0796. The van der Waals surface area contributed by atoms with Gasteiger partial charge in [0.25, 0.3) is 5.91 Å². The van der Waals surface area contributed by atoms with E-state index < -0.39 is 0 Å². The van der Waals surface area contributed by atoms with Gasteiger partial charge in [0.15, 0.2) is 0 Å². The van der Waals surface area contributed by atoms with Crippen molar-refractivity contribution in [2.75, 3.05) is 27.2 Å². The molecule has 0 unspecified atom stereocenters. The molecule has 0 fully saturated rings. The molecule has 5 heteroatoms.